The highest BCUT2D eigenvalue weighted by Crippen LogP contribution is 2.36. The molecule has 0 saturated heterocycles. The highest BCUT2D eigenvalue weighted by Gasteiger charge is 2.20. The maximum atomic E-state index is 10.0. The van der Waals surface area contributed by atoms with Gasteiger partial charge in [-0.05, 0) is 11.7 Å². The Balaban J connectivity index is 4.26. The van der Waals surface area contributed by atoms with Gasteiger partial charge in [-0.1, -0.05) is 0 Å². The fourth-order valence-corrected chi connectivity index (χ4v) is 3.27. The third-order valence-corrected chi connectivity index (χ3v) is 4.02. The average Bonchev–Trinajstić information content (AvgIpc) is 1.14. The molecule has 0 rings (SSSR count). The zero-order valence-electron chi connectivity index (χ0n) is 4.13. The molecule has 0 aliphatic heterocycles. The van der Waals surface area contributed by atoms with Gasteiger partial charge < -0.3 is 9.79 Å². The van der Waals surface area contributed by atoms with E-state index < -0.39 is 22.0 Å². The van der Waals surface area contributed by atoms with Crippen molar-refractivity contribution < 1.29 is 22.8 Å². The first-order valence-corrected chi connectivity index (χ1v) is 6.21. The maximum Gasteiger partial charge on any atom is 0.341 e. The molecule has 0 radical (unpaired) electrons. The van der Waals surface area contributed by atoms with Crippen LogP contribution in [0, 0.1) is 0 Å². The molecule has 9 heavy (non-hydrogen) atoms. The Morgan fingerprint density at radius 2 is 1.78 bits per heavy atom. The summed E-state index contributed by atoms with van der Waals surface area (Å²) in [6.45, 7) is 0. The normalized spacial score (nSPS) is 13.7. The van der Waals surface area contributed by atoms with E-state index in [2.05, 4.69) is 11.7 Å². The Morgan fingerprint density at radius 3 is 1.78 bits per heavy atom. The van der Waals surface area contributed by atoms with Gasteiger partial charge in [0, 0.05) is 0 Å². The Kier molecular flexibility index (Phi) is 2.72. The third-order valence-electron chi connectivity index (χ3n) is 0.331. The van der Waals surface area contributed by atoms with Gasteiger partial charge in [-0.15, -0.1) is 0 Å². The van der Waals surface area contributed by atoms with Gasteiger partial charge in [-0.25, -0.2) is 8.42 Å². The average molecular weight is 192 g/mol. The standard InChI is InChI=1S/CH5O5PS2/c2-7(3,4)1-9(5,6)8/h1H2,(H2,2,3,4)(H,5,6,8). The van der Waals surface area contributed by atoms with Crippen molar-refractivity contribution in [2.75, 3.05) is 5.49 Å². The summed E-state index contributed by atoms with van der Waals surface area (Å²) in [6.07, 6.45) is 0. The lowest BCUT2D eigenvalue weighted by molar-refractivity contribution is 0.379. The molecule has 0 saturated carbocycles. The van der Waals surface area contributed by atoms with Crippen LogP contribution in [0.4, 0.5) is 0 Å². The summed E-state index contributed by atoms with van der Waals surface area (Å²) in [6, 6.07) is 0. The second-order valence-electron chi connectivity index (χ2n) is 1.38. The number of thiol groups is 1. The highest BCUT2D eigenvalue weighted by atomic mass is 33.1. The van der Waals surface area contributed by atoms with Crippen molar-refractivity contribution in [3.63, 3.8) is 0 Å². The molecule has 8 heteroatoms. The molecule has 56 valence electrons. The van der Waals surface area contributed by atoms with Crippen LogP contribution in [0.25, 0.3) is 0 Å². The smallest absolute Gasteiger partial charge is 0.324 e. The SMILES string of the molecule is O=P(O)(O)CS(=O)(=O)S. The lowest BCUT2D eigenvalue weighted by Gasteiger charge is -1.97. The minimum Gasteiger partial charge on any atom is -0.324 e. The number of hydrogen-bond donors (Lipinski definition) is 3. The van der Waals surface area contributed by atoms with E-state index in [1.807, 2.05) is 0 Å². The first-order valence-electron chi connectivity index (χ1n) is 1.70. The van der Waals surface area contributed by atoms with Gasteiger partial charge >= 0.3 is 7.60 Å². The molecule has 0 fully saturated rings. The second kappa shape index (κ2) is 2.59. The van der Waals surface area contributed by atoms with E-state index in [1.165, 1.54) is 0 Å². The van der Waals surface area contributed by atoms with Crippen molar-refractivity contribution in [3.8, 4) is 0 Å². The van der Waals surface area contributed by atoms with Crippen LogP contribution in [0.15, 0.2) is 0 Å². The van der Waals surface area contributed by atoms with Crippen LogP contribution in [0.3, 0.4) is 0 Å². The molecular formula is CH5O5PS2. The molecule has 2 N–H and O–H groups in total. The van der Waals surface area contributed by atoms with Gasteiger partial charge in [-0.2, -0.15) is 0 Å². The first kappa shape index (κ1) is 9.45. The lowest BCUT2D eigenvalue weighted by atomic mass is 11.9. The Bertz CT molecular complexity index is 221. The molecular weight excluding hydrogens is 187 g/mol. The summed E-state index contributed by atoms with van der Waals surface area (Å²) in [5.41, 5.74) is -1.21. The van der Waals surface area contributed by atoms with Crippen LogP contribution in [0.1, 0.15) is 0 Å². The van der Waals surface area contributed by atoms with E-state index in [1.54, 1.807) is 0 Å². The summed E-state index contributed by atoms with van der Waals surface area (Å²) in [5.74, 6) is 0. The lowest BCUT2D eigenvalue weighted by Crippen LogP contribution is -1.97. The molecule has 0 aliphatic rings. The Hall–Kier alpha value is 0.450. The van der Waals surface area contributed by atoms with Crippen molar-refractivity contribution in [2.45, 2.75) is 0 Å². The van der Waals surface area contributed by atoms with Gasteiger partial charge in [0.25, 0.3) is 0 Å². The van der Waals surface area contributed by atoms with E-state index in [4.69, 9.17) is 9.79 Å². The van der Waals surface area contributed by atoms with Gasteiger partial charge in [0.05, 0.1) is 0 Å². The number of rotatable bonds is 2. The summed E-state index contributed by atoms with van der Waals surface area (Å²) in [4.78, 5) is 16.1. The molecule has 0 spiro atoms. The molecule has 0 amide bonds. The zero-order valence-corrected chi connectivity index (χ0v) is 6.73. The van der Waals surface area contributed by atoms with Crippen LogP contribution in [-0.4, -0.2) is 23.7 Å². The summed E-state index contributed by atoms with van der Waals surface area (Å²) in [7, 11) is -8.30. The van der Waals surface area contributed by atoms with E-state index in [9.17, 15) is 13.0 Å². The van der Waals surface area contributed by atoms with Crippen molar-refractivity contribution in [3.05, 3.63) is 0 Å². The summed E-state index contributed by atoms with van der Waals surface area (Å²) >= 11 is 2.93. The predicted octanol–water partition coefficient (Wildman–Crippen LogP) is -0.619. The van der Waals surface area contributed by atoms with Crippen molar-refractivity contribution in [1.82, 2.24) is 0 Å². The molecule has 0 atom stereocenters. The monoisotopic (exact) mass is 192 g/mol. The molecule has 0 bridgehead atoms. The fraction of sp³-hybridized carbons (Fsp3) is 1.00. The molecule has 5 nitrogen and oxygen atoms in total. The van der Waals surface area contributed by atoms with E-state index >= 15 is 0 Å². The van der Waals surface area contributed by atoms with Gasteiger partial charge in [0.1, 0.15) is 0 Å². The van der Waals surface area contributed by atoms with Crippen LogP contribution in [0.5, 0.6) is 0 Å². The first-order chi connectivity index (χ1) is 3.71. The maximum absolute atomic E-state index is 10.0. The summed E-state index contributed by atoms with van der Waals surface area (Å²) < 4.78 is 30.0. The van der Waals surface area contributed by atoms with E-state index in [0.29, 0.717) is 0 Å². The Morgan fingerprint density at radius 1 is 1.44 bits per heavy atom. The molecule has 0 aromatic carbocycles. The van der Waals surface area contributed by atoms with Crippen LogP contribution < -0.4 is 0 Å². The third kappa shape index (κ3) is 8.45. The van der Waals surface area contributed by atoms with Gasteiger partial charge in [-0.3, -0.25) is 4.57 Å². The van der Waals surface area contributed by atoms with Crippen molar-refractivity contribution >= 4 is 28.1 Å². The van der Waals surface area contributed by atoms with Crippen LogP contribution in [0.2, 0.25) is 0 Å². The Labute approximate surface area is 57.0 Å². The molecule has 0 aromatic heterocycles. The van der Waals surface area contributed by atoms with Crippen molar-refractivity contribution in [2.24, 2.45) is 0 Å². The van der Waals surface area contributed by atoms with E-state index in [0.717, 1.165) is 0 Å². The number of hydrogen-bond acceptors (Lipinski definition) is 3. The molecule has 0 aromatic rings. The van der Waals surface area contributed by atoms with Gasteiger partial charge in [0.15, 0.2) is 5.49 Å². The minimum absolute atomic E-state index is 1.21. The van der Waals surface area contributed by atoms with Gasteiger partial charge in [0.2, 0.25) is 8.87 Å². The fourth-order valence-electron chi connectivity index (χ4n) is 0.213. The second-order valence-corrected chi connectivity index (χ2v) is 6.57. The quantitative estimate of drug-likeness (QED) is 0.308. The molecule has 0 unspecified atom stereocenters. The predicted molar refractivity (Wildman–Crippen MR) is 34.8 cm³/mol. The van der Waals surface area contributed by atoms with Crippen LogP contribution >= 0.6 is 19.3 Å². The molecule has 0 aliphatic carbocycles. The summed E-state index contributed by atoms with van der Waals surface area (Å²) in [5, 5.41) is 0. The highest BCUT2D eigenvalue weighted by molar-refractivity contribution is 8.64. The van der Waals surface area contributed by atoms with Crippen LogP contribution in [-0.2, 0) is 13.4 Å². The largest absolute Gasteiger partial charge is 0.341 e. The topological polar surface area (TPSA) is 91.7 Å². The van der Waals surface area contributed by atoms with E-state index in [-0.39, 0.29) is 0 Å². The molecule has 0 heterocycles. The minimum atomic E-state index is -4.45. The zero-order chi connectivity index (χ0) is 7.71. The van der Waals surface area contributed by atoms with Crippen molar-refractivity contribution in [1.29, 1.82) is 0 Å².